The molecule has 1 aliphatic carbocycles. The second-order valence-electron chi connectivity index (χ2n) is 7.81. The zero-order chi connectivity index (χ0) is 14.7. The third kappa shape index (κ3) is 1.78. The maximum absolute atomic E-state index is 6.61. The second kappa shape index (κ2) is 4.57. The van der Waals surface area contributed by atoms with Crippen LogP contribution in [0.3, 0.4) is 0 Å². The summed E-state index contributed by atoms with van der Waals surface area (Å²) >= 11 is 0. The molecule has 2 heterocycles. The quantitative estimate of drug-likeness (QED) is 0.783. The van der Waals surface area contributed by atoms with Gasteiger partial charge < -0.3 is 9.64 Å². The Kier molecular flexibility index (Phi) is 3.00. The molecule has 0 saturated carbocycles. The summed E-state index contributed by atoms with van der Waals surface area (Å²) in [6.45, 7) is 8.07. The van der Waals surface area contributed by atoms with Crippen LogP contribution in [0.5, 0.6) is 0 Å². The summed E-state index contributed by atoms with van der Waals surface area (Å²) in [6.07, 6.45) is 4.97. The lowest BCUT2D eigenvalue weighted by Gasteiger charge is -2.46. The summed E-state index contributed by atoms with van der Waals surface area (Å²) < 4.78 is 6.61. The predicted octanol–water partition coefficient (Wildman–Crippen LogP) is 3.51. The Bertz CT molecular complexity index is 561. The van der Waals surface area contributed by atoms with Gasteiger partial charge in [-0.1, -0.05) is 30.7 Å². The van der Waals surface area contributed by atoms with E-state index in [4.69, 9.17) is 4.74 Å². The molecule has 2 heteroatoms. The molecule has 114 valence electrons. The Morgan fingerprint density at radius 1 is 1.24 bits per heavy atom. The number of ether oxygens (including phenoxy) is 1. The molecule has 3 aliphatic rings. The summed E-state index contributed by atoms with van der Waals surface area (Å²) in [5, 5.41) is 0. The zero-order valence-electron chi connectivity index (χ0n) is 13.6. The molecule has 1 aromatic carbocycles. The van der Waals surface area contributed by atoms with Gasteiger partial charge >= 0.3 is 0 Å². The molecule has 0 bridgehead atoms. The van der Waals surface area contributed by atoms with E-state index < -0.39 is 0 Å². The standard InChI is InChI=1S/C19H27NO/c1-14-4-5-15-13-18(2)8-11-21-19(18,17(15)12-14)16-6-9-20(3)10-7-16/h4-5,12,16H,6-11,13H2,1-3H3/t18-,19+/m1/s1. The van der Waals surface area contributed by atoms with Crippen LogP contribution in [0.2, 0.25) is 0 Å². The molecule has 2 aliphatic heterocycles. The first kappa shape index (κ1) is 13.8. The predicted molar refractivity (Wildman–Crippen MR) is 85.5 cm³/mol. The van der Waals surface area contributed by atoms with Crippen molar-refractivity contribution in [2.75, 3.05) is 26.7 Å². The molecule has 21 heavy (non-hydrogen) atoms. The van der Waals surface area contributed by atoms with Gasteiger partial charge in [-0.25, -0.2) is 0 Å². The summed E-state index contributed by atoms with van der Waals surface area (Å²) in [6, 6.07) is 7.05. The van der Waals surface area contributed by atoms with Crippen LogP contribution in [0.15, 0.2) is 18.2 Å². The fourth-order valence-corrected chi connectivity index (χ4v) is 5.28. The van der Waals surface area contributed by atoms with Crippen LogP contribution in [0, 0.1) is 18.3 Å². The van der Waals surface area contributed by atoms with Crippen molar-refractivity contribution < 1.29 is 4.74 Å². The highest BCUT2D eigenvalue weighted by Crippen LogP contribution is 2.63. The minimum Gasteiger partial charge on any atom is -0.369 e. The number of hydrogen-bond acceptors (Lipinski definition) is 2. The van der Waals surface area contributed by atoms with Gasteiger partial charge in [0.2, 0.25) is 0 Å². The highest BCUT2D eigenvalue weighted by molar-refractivity contribution is 5.45. The molecule has 0 amide bonds. The van der Waals surface area contributed by atoms with Crippen molar-refractivity contribution in [3.8, 4) is 0 Å². The van der Waals surface area contributed by atoms with Crippen LogP contribution in [0.4, 0.5) is 0 Å². The number of aryl methyl sites for hydroxylation is 1. The number of benzene rings is 1. The highest BCUT2D eigenvalue weighted by atomic mass is 16.5. The lowest BCUT2D eigenvalue weighted by Crippen LogP contribution is -2.48. The Morgan fingerprint density at radius 3 is 2.76 bits per heavy atom. The number of hydrogen-bond donors (Lipinski definition) is 0. The van der Waals surface area contributed by atoms with Gasteiger partial charge in [0.1, 0.15) is 5.60 Å². The number of piperidine rings is 1. The highest BCUT2D eigenvalue weighted by Gasteiger charge is 2.62. The molecule has 4 rings (SSSR count). The topological polar surface area (TPSA) is 12.5 Å². The summed E-state index contributed by atoms with van der Waals surface area (Å²) in [7, 11) is 2.25. The van der Waals surface area contributed by atoms with E-state index >= 15 is 0 Å². The van der Waals surface area contributed by atoms with E-state index in [-0.39, 0.29) is 5.60 Å². The van der Waals surface area contributed by atoms with E-state index in [9.17, 15) is 0 Å². The first-order valence-electron chi connectivity index (χ1n) is 8.48. The molecule has 2 nitrogen and oxygen atoms in total. The monoisotopic (exact) mass is 285 g/mol. The zero-order valence-corrected chi connectivity index (χ0v) is 13.6. The van der Waals surface area contributed by atoms with Crippen LogP contribution in [0.1, 0.15) is 42.9 Å². The first-order chi connectivity index (χ1) is 10.1. The van der Waals surface area contributed by atoms with Crippen molar-refractivity contribution in [2.24, 2.45) is 11.3 Å². The Labute approximate surface area is 128 Å². The van der Waals surface area contributed by atoms with Gasteiger partial charge in [0, 0.05) is 12.0 Å². The first-order valence-corrected chi connectivity index (χ1v) is 8.48. The minimum absolute atomic E-state index is 0.00435. The van der Waals surface area contributed by atoms with Gasteiger partial charge in [0.15, 0.2) is 0 Å². The van der Waals surface area contributed by atoms with Crippen molar-refractivity contribution in [2.45, 2.75) is 45.1 Å². The molecule has 1 aromatic rings. The Morgan fingerprint density at radius 2 is 2.00 bits per heavy atom. The lowest BCUT2D eigenvalue weighted by molar-refractivity contribution is -0.113. The Balaban J connectivity index is 1.82. The van der Waals surface area contributed by atoms with Gasteiger partial charge in [-0.05, 0) is 69.8 Å². The largest absolute Gasteiger partial charge is 0.369 e. The smallest absolute Gasteiger partial charge is 0.102 e. The Hall–Kier alpha value is -0.860. The van der Waals surface area contributed by atoms with Gasteiger partial charge in [0.25, 0.3) is 0 Å². The number of fused-ring (bicyclic) bond motifs is 3. The summed E-state index contributed by atoms with van der Waals surface area (Å²) in [4.78, 5) is 2.46. The van der Waals surface area contributed by atoms with E-state index in [1.54, 1.807) is 5.56 Å². The third-order valence-electron chi connectivity index (χ3n) is 6.42. The average molecular weight is 285 g/mol. The number of likely N-dealkylation sites (tertiary alicyclic amines) is 1. The SMILES string of the molecule is Cc1ccc2c(c1)[C@]1(C3CCN(C)CC3)OCC[C@]1(C)C2. The number of rotatable bonds is 1. The molecule has 0 spiro atoms. The van der Waals surface area contributed by atoms with Crippen molar-refractivity contribution >= 4 is 0 Å². The molecule has 2 saturated heterocycles. The average Bonchev–Trinajstić information content (AvgIpc) is 2.90. The maximum atomic E-state index is 6.61. The molecular formula is C19H27NO. The van der Waals surface area contributed by atoms with E-state index in [1.165, 1.54) is 49.9 Å². The van der Waals surface area contributed by atoms with E-state index in [0.717, 1.165) is 6.61 Å². The summed E-state index contributed by atoms with van der Waals surface area (Å²) in [5.74, 6) is 0.684. The van der Waals surface area contributed by atoms with Crippen molar-refractivity contribution in [1.82, 2.24) is 4.90 Å². The van der Waals surface area contributed by atoms with E-state index in [2.05, 4.69) is 44.0 Å². The van der Waals surface area contributed by atoms with Crippen LogP contribution >= 0.6 is 0 Å². The van der Waals surface area contributed by atoms with Crippen molar-refractivity contribution in [1.29, 1.82) is 0 Å². The van der Waals surface area contributed by atoms with Gasteiger partial charge in [0.05, 0.1) is 0 Å². The molecule has 0 radical (unpaired) electrons. The van der Waals surface area contributed by atoms with Crippen LogP contribution in [0.25, 0.3) is 0 Å². The molecule has 2 atom stereocenters. The molecular weight excluding hydrogens is 258 g/mol. The maximum Gasteiger partial charge on any atom is 0.102 e. The normalized spacial score (nSPS) is 36.7. The summed E-state index contributed by atoms with van der Waals surface area (Å²) in [5.41, 5.74) is 4.75. The minimum atomic E-state index is -0.00435. The van der Waals surface area contributed by atoms with Crippen molar-refractivity contribution in [3.05, 3.63) is 34.9 Å². The van der Waals surface area contributed by atoms with Crippen LogP contribution in [-0.2, 0) is 16.8 Å². The van der Waals surface area contributed by atoms with E-state index in [0.29, 0.717) is 11.3 Å². The molecule has 0 aromatic heterocycles. The van der Waals surface area contributed by atoms with Gasteiger partial charge in [-0.3, -0.25) is 0 Å². The third-order valence-corrected chi connectivity index (χ3v) is 6.42. The van der Waals surface area contributed by atoms with Gasteiger partial charge in [-0.2, -0.15) is 0 Å². The van der Waals surface area contributed by atoms with E-state index in [1.807, 2.05) is 0 Å². The fraction of sp³-hybridized carbons (Fsp3) is 0.684. The number of nitrogens with zero attached hydrogens (tertiary/aromatic N) is 1. The van der Waals surface area contributed by atoms with Crippen molar-refractivity contribution in [3.63, 3.8) is 0 Å². The molecule has 0 unspecified atom stereocenters. The van der Waals surface area contributed by atoms with Gasteiger partial charge in [-0.15, -0.1) is 0 Å². The van der Waals surface area contributed by atoms with Crippen LogP contribution in [-0.4, -0.2) is 31.6 Å². The molecule has 2 fully saturated rings. The van der Waals surface area contributed by atoms with Crippen LogP contribution < -0.4 is 0 Å². The second-order valence-corrected chi connectivity index (χ2v) is 7.81. The molecule has 0 N–H and O–H groups in total. The lowest BCUT2D eigenvalue weighted by atomic mass is 9.64. The fourth-order valence-electron chi connectivity index (χ4n) is 5.28.